The van der Waals surface area contributed by atoms with Crippen LogP contribution in [-0.4, -0.2) is 58.0 Å². The minimum absolute atomic E-state index is 0.0408. The zero-order valence-electron chi connectivity index (χ0n) is 25.3. The molecule has 1 aliphatic rings. The van der Waals surface area contributed by atoms with E-state index in [1.165, 1.54) is 24.1 Å². The molecule has 1 fully saturated rings. The van der Waals surface area contributed by atoms with Crippen molar-refractivity contribution in [3.63, 3.8) is 0 Å². The van der Waals surface area contributed by atoms with Crippen molar-refractivity contribution in [1.82, 2.24) is 10.2 Å². The SMILES string of the molecule is CCC(C(=O)NC1CCCC1)N(Cc1ccc(OC)cc1)C(=O)CN(c1cc(C)ccc1OC)S(=O)(=O)c1ccccc1. The predicted molar refractivity (Wildman–Crippen MR) is 167 cm³/mol. The lowest BCUT2D eigenvalue weighted by Crippen LogP contribution is -2.53. The third-order valence-electron chi connectivity index (χ3n) is 7.81. The lowest BCUT2D eigenvalue weighted by Gasteiger charge is -2.34. The standard InChI is InChI=1S/C33H41N3O6S/c1-5-29(33(38)34-26-11-9-10-12-26)35(22-25-16-18-27(41-3)19-17-25)32(37)23-36(30-21-24(2)15-20-31(30)42-4)43(39,40)28-13-7-6-8-14-28/h6-8,13-21,26,29H,5,9-12,22-23H2,1-4H3,(H,34,38). The number of hydrogen-bond donors (Lipinski definition) is 1. The molecule has 0 aliphatic heterocycles. The number of hydrogen-bond acceptors (Lipinski definition) is 6. The van der Waals surface area contributed by atoms with Gasteiger partial charge in [0, 0.05) is 12.6 Å². The number of methoxy groups -OCH3 is 2. The summed E-state index contributed by atoms with van der Waals surface area (Å²) in [5.41, 5.74) is 1.83. The highest BCUT2D eigenvalue weighted by Gasteiger charge is 2.35. The minimum Gasteiger partial charge on any atom is -0.497 e. The summed E-state index contributed by atoms with van der Waals surface area (Å²) in [5.74, 6) is 0.235. The van der Waals surface area contributed by atoms with Crippen LogP contribution in [0.5, 0.6) is 11.5 Å². The van der Waals surface area contributed by atoms with Gasteiger partial charge in [-0.1, -0.05) is 56.2 Å². The molecule has 0 bridgehead atoms. The fourth-order valence-corrected chi connectivity index (χ4v) is 6.88. The molecule has 0 radical (unpaired) electrons. The number of sulfonamides is 1. The van der Waals surface area contributed by atoms with Gasteiger partial charge in [-0.15, -0.1) is 0 Å². The molecule has 0 heterocycles. The molecule has 2 amide bonds. The van der Waals surface area contributed by atoms with Crippen molar-refractivity contribution in [3.8, 4) is 11.5 Å². The van der Waals surface area contributed by atoms with Gasteiger partial charge in [-0.2, -0.15) is 0 Å². The normalized spacial score (nSPS) is 14.1. The first kappa shape index (κ1) is 31.9. The van der Waals surface area contributed by atoms with E-state index in [4.69, 9.17) is 9.47 Å². The molecule has 0 saturated heterocycles. The Morgan fingerprint density at radius 1 is 0.953 bits per heavy atom. The van der Waals surface area contributed by atoms with Crippen LogP contribution < -0.4 is 19.1 Å². The average Bonchev–Trinajstić information content (AvgIpc) is 3.53. The summed E-state index contributed by atoms with van der Waals surface area (Å²) in [6, 6.07) is 19.7. The molecule has 3 aromatic carbocycles. The summed E-state index contributed by atoms with van der Waals surface area (Å²) >= 11 is 0. The van der Waals surface area contributed by atoms with Gasteiger partial charge < -0.3 is 19.7 Å². The van der Waals surface area contributed by atoms with Crippen molar-refractivity contribution in [2.45, 2.75) is 69.5 Å². The van der Waals surface area contributed by atoms with E-state index in [9.17, 15) is 18.0 Å². The minimum atomic E-state index is -4.20. The van der Waals surface area contributed by atoms with E-state index < -0.39 is 28.5 Å². The highest BCUT2D eigenvalue weighted by Crippen LogP contribution is 2.34. The molecule has 9 nitrogen and oxygen atoms in total. The summed E-state index contributed by atoms with van der Waals surface area (Å²) in [6.07, 6.45) is 4.29. The van der Waals surface area contributed by atoms with Crippen LogP contribution in [0.1, 0.15) is 50.2 Å². The summed E-state index contributed by atoms with van der Waals surface area (Å²) in [5, 5.41) is 3.13. The Labute approximate surface area is 254 Å². The molecule has 1 N–H and O–H groups in total. The van der Waals surface area contributed by atoms with Gasteiger partial charge in [0.1, 0.15) is 24.1 Å². The van der Waals surface area contributed by atoms with E-state index >= 15 is 0 Å². The molecule has 0 aromatic heterocycles. The third kappa shape index (κ3) is 7.67. The maximum absolute atomic E-state index is 14.3. The van der Waals surface area contributed by atoms with Crippen LogP contribution in [-0.2, 0) is 26.2 Å². The summed E-state index contributed by atoms with van der Waals surface area (Å²) < 4.78 is 40.1. The van der Waals surface area contributed by atoms with Crippen molar-refractivity contribution in [3.05, 3.63) is 83.9 Å². The van der Waals surface area contributed by atoms with Crippen molar-refractivity contribution < 1.29 is 27.5 Å². The first-order valence-electron chi connectivity index (χ1n) is 14.6. The van der Waals surface area contributed by atoms with Gasteiger partial charge in [-0.3, -0.25) is 13.9 Å². The van der Waals surface area contributed by atoms with Gasteiger partial charge in [0.25, 0.3) is 10.0 Å². The van der Waals surface area contributed by atoms with Crippen LogP contribution in [0.3, 0.4) is 0 Å². The molecule has 0 spiro atoms. The Kier molecular flexibility index (Phi) is 10.7. The van der Waals surface area contributed by atoms with Gasteiger partial charge in [0.2, 0.25) is 11.8 Å². The van der Waals surface area contributed by atoms with Crippen LogP contribution in [0.15, 0.2) is 77.7 Å². The van der Waals surface area contributed by atoms with Crippen molar-refractivity contribution >= 4 is 27.5 Å². The lowest BCUT2D eigenvalue weighted by molar-refractivity contribution is -0.140. The van der Waals surface area contributed by atoms with Crippen LogP contribution in [0.25, 0.3) is 0 Å². The lowest BCUT2D eigenvalue weighted by atomic mass is 10.1. The van der Waals surface area contributed by atoms with E-state index in [1.807, 2.05) is 32.0 Å². The maximum atomic E-state index is 14.3. The fraction of sp³-hybridized carbons (Fsp3) is 0.394. The second-order valence-electron chi connectivity index (χ2n) is 10.8. The van der Waals surface area contributed by atoms with Crippen molar-refractivity contribution in [2.75, 3.05) is 25.1 Å². The number of nitrogens with one attached hydrogen (secondary N) is 1. The molecule has 1 saturated carbocycles. The van der Waals surface area contributed by atoms with E-state index in [2.05, 4.69) is 5.32 Å². The molecule has 4 rings (SSSR count). The molecule has 1 atom stereocenters. The number of ether oxygens (including phenoxy) is 2. The number of nitrogens with zero attached hydrogens (tertiary/aromatic N) is 2. The Morgan fingerprint density at radius 2 is 1.63 bits per heavy atom. The maximum Gasteiger partial charge on any atom is 0.264 e. The molecular weight excluding hydrogens is 566 g/mol. The molecule has 3 aromatic rings. The van der Waals surface area contributed by atoms with Crippen LogP contribution in [0.4, 0.5) is 5.69 Å². The van der Waals surface area contributed by atoms with Gasteiger partial charge in [0.05, 0.1) is 24.8 Å². The van der Waals surface area contributed by atoms with E-state index in [0.29, 0.717) is 17.9 Å². The first-order chi connectivity index (χ1) is 20.7. The topological polar surface area (TPSA) is 105 Å². The van der Waals surface area contributed by atoms with Crippen LogP contribution in [0, 0.1) is 6.92 Å². The highest BCUT2D eigenvalue weighted by atomic mass is 32.2. The molecular formula is C33H41N3O6S. The number of amides is 2. The Hall–Kier alpha value is -4.05. The Morgan fingerprint density at radius 3 is 2.23 bits per heavy atom. The Balaban J connectivity index is 1.75. The average molecular weight is 608 g/mol. The molecule has 43 heavy (non-hydrogen) atoms. The first-order valence-corrected chi connectivity index (χ1v) is 16.1. The molecule has 230 valence electrons. The zero-order chi connectivity index (χ0) is 31.0. The quantitative estimate of drug-likeness (QED) is 0.291. The Bertz CT molecular complexity index is 1490. The van der Waals surface area contributed by atoms with E-state index in [-0.39, 0.29) is 29.1 Å². The zero-order valence-corrected chi connectivity index (χ0v) is 26.1. The smallest absolute Gasteiger partial charge is 0.264 e. The monoisotopic (exact) mass is 607 g/mol. The number of anilines is 1. The van der Waals surface area contributed by atoms with Gasteiger partial charge in [0.15, 0.2) is 0 Å². The fourth-order valence-electron chi connectivity index (χ4n) is 5.44. The number of carbonyl (C=O) groups is 2. The second-order valence-corrected chi connectivity index (χ2v) is 12.6. The molecule has 1 unspecified atom stereocenters. The largest absolute Gasteiger partial charge is 0.497 e. The van der Waals surface area contributed by atoms with E-state index in [1.54, 1.807) is 49.6 Å². The van der Waals surface area contributed by atoms with Crippen molar-refractivity contribution in [1.29, 1.82) is 0 Å². The summed E-state index contributed by atoms with van der Waals surface area (Å²) in [4.78, 5) is 29.5. The highest BCUT2D eigenvalue weighted by molar-refractivity contribution is 7.92. The van der Waals surface area contributed by atoms with Gasteiger partial charge in [-0.25, -0.2) is 8.42 Å². The summed E-state index contributed by atoms with van der Waals surface area (Å²) in [7, 11) is -1.16. The third-order valence-corrected chi connectivity index (χ3v) is 9.59. The van der Waals surface area contributed by atoms with Crippen LogP contribution >= 0.6 is 0 Å². The van der Waals surface area contributed by atoms with Gasteiger partial charge >= 0.3 is 0 Å². The van der Waals surface area contributed by atoms with E-state index in [0.717, 1.165) is 41.1 Å². The second kappa shape index (κ2) is 14.4. The molecule has 10 heteroatoms. The van der Waals surface area contributed by atoms with Crippen LogP contribution in [0.2, 0.25) is 0 Å². The number of carbonyl (C=O) groups excluding carboxylic acids is 2. The number of rotatable bonds is 13. The van der Waals surface area contributed by atoms with Crippen molar-refractivity contribution in [2.24, 2.45) is 0 Å². The number of benzene rings is 3. The number of aryl methyl sites for hydroxylation is 1. The predicted octanol–water partition coefficient (Wildman–Crippen LogP) is 5.07. The molecule has 1 aliphatic carbocycles. The summed E-state index contributed by atoms with van der Waals surface area (Å²) in [6.45, 7) is 3.29. The van der Waals surface area contributed by atoms with Gasteiger partial charge in [-0.05, 0) is 73.7 Å².